The van der Waals surface area contributed by atoms with Crippen molar-refractivity contribution in [3.8, 4) is 5.75 Å². The fraction of sp³-hybridized carbons (Fsp3) is 0.500. The third-order valence-electron chi connectivity index (χ3n) is 4.06. The van der Waals surface area contributed by atoms with E-state index >= 15 is 0 Å². The predicted molar refractivity (Wildman–Crippen MR) is 83.3 cm³/mol. The molecule has 2 atom stereocenters. The average molecular weight is 360 g/mol. The number of rotatable bonds is 6. The number of alkyl halides is 3. The van der Waals surface area contributed by atoms with Crippen LogP contribution in [0.3, 0.4) is 0 Å². The van der Waals surface area contributed by atoms with Crippen LogP contribution in [-0.2, 0) is 9.59 Å². The molecular formula is C16H19F3N2O4. The van der Waals surface area contributed by atoms with Gasteiger partial charge < -0.3 is 14.7 Å². The highest BCUT2D eigenvalue weighted by Crippen LogP contribution is 2.30. The van der Waals surface area contributed by atoms with Gasteiger partial charge in [0.05, 0.1) is 12.0 Å². The van der Waals surface area contributed by atoms with Gasteiger partial charge in [0.2, 0.25) is 5.91 Å². The molecule has 6 nitrogen and oxygen atoms in total. The van der Waals surface area contributed by atoms with Gasteiger partial charge in [0, 0.05) is 24.8 Å². The summed E-state index contributed by atoms with van der Waals surface area (Å²) in [6.07, 6.45) is -4.34. The topological polar surface area (TPSA) is 70.1 Å². The number of carbonyl (C=O) groups excluding carboxylic acids is 1. The van der Waals surface area contributed by atoms with Gasteiger partial charge in [-0.25, -0.2) is 0 Å². The summed E-state index contributed by atoms with van der Waals surface area (Å²) in [4.78, 5) is 26.6. The maximum absolute atomic E-state index is 12.6. The lowest BCUT2D eigenvalue weighted by molar-refractivity contribution is -0.274. The van der Waals surface area contributed by atoms with Crippen molar-refractivity contribution in [1.29, 1.82) is 0 Å². The van der Waals surface area contributed by atoms with Crippen molar-refractivity contribution >= 4 is 17.6 Å². The van der Waals surface area contributed by atoms with Crippen molar-refractivity contribution in [2.45, 2.75) is 25.7 Å². The third kappa shape index (κ3) is 4.85. The Hall–Kier alpha value is -2.29. The van der Waals surface area contributed by atoms with Crippen LogP contribution in [0.2, 0.25) is 0 Å². The van der Waals surface area contributed by atoms with Crippen molar-refractivity contribution in [2.24, 2.45) is 5.92 Å². The number of nitrogens with zero attached hydrogens (tertiary/aromatic N) is 2. The van der Waals surface area contributed by atoms with Gasteiger partial charge in [-0.3, -0.25) is 14.5 Å². The highest BCUT2D eigenvalue weighted by molar-refractivity contribution is 5.99. The van der Waals surface area contributed by atoms with Crippen LogP contribution in [-0.4, -0.2) is 54.4 Å². The van der Waals surface area contributed by atoms with E-state index in [9.17, 15) is 22.8 Å². The normalized spacial score (nSPS) is 19.4. The average Bonchev–Trinajstić information content (AvgIpc) is 2.87. The lowest BCUT2D eigenvalue weighted by atomic mass is 10.1. The summed E-state index contributed by atoms with van der Waals surface area (Å²) in [7, 11) is 1.66. The first-order valence-corrected chi connectivity index (χ1v) is 7.68. The maximum atomic E-state index is 12.6. The second-order valence-corrected chi connectivity index (χ2v) is 6.02. The number of carboxylic acid groups (broad SMARTS) is 1. The molecule has 1 aliphatic rings. The summed E-state index contributed by atoms with van der Waals surface area (Å²) in [5, 5.41) is 8.97. The summed E-state index contributed by atoms with van der Waals surface area (Å²) in [5.74, 6) is -2.25. The number of hydrogen-bond acceptors (Lipinski definition) is 4. The molecule has 0 saturated carbocycles. The SMILES string of the molecule is CC(CN(C)C1CCN(c2cccc(OC(F)(F)F)c2)C1=O)C(=O)O. The highest BCUT2D eigenvalue weighted by Gasteiger charge is 2.37. The van der Waals surface area contributed by atoms with Crippen LogP contribution in [0.5, 0.6) is 5.75 Å². The van der Waals surface area contributed by atoms with E-state index in [1.165, 1.54) is 17.0 Å². The molecule has 25 heavy (non-hydrogen) atoms. The minimum Gasteiger partial charge on any atom is -0.481 e. The Morgan fingerprint density at radius 1 is 1.48 bits per heavy atom. The summed E-state index contributed by atoms with van der Waals surface area (Å²) in [6, 6.07) is 4.73. The number of likely N-dealkylation sites (N-methyl/N-ethyl adjacent to an activating group) is 1. The number of carbonyl (C=O) groups is 2. The first kappa shape index (κ1) is 19.0. The Bertz CT molecular complexity index is 651. The lowest BCUT2D eigenvalue weighted by Crippen LogP contribution is -2.42. The Morgan fingerprint density at radius 3 is 2.76 bits per heavy atom. The van der Waals surface area contributed by atoms with Crippen LogP contribution < -0.4 is 9.64 Å². The van der Waals surface area contributed by atoms with Gasteiger partial charge in [-0.15, -0.1) is 13.2 Å². The molecule has 1 aromatic carbocycles. The van der Waals surface area contributed by atoms with Crippen LogP contribution in [0, 0.1) is 5.92 Å². The smallest absolute Gasteiger partial charge is 0.481 e. The number of ether oxygens (including phenoxy) is 1. The van der Waals surface area contributed by atoms with Crippen LogP contribution in [0.25, 0.3) is 0 Å². The van der Waals surface area contributed by atoms with E-state index in [0.29, 0.717) is 18.7 Å². The molecule has 138 valence electrons. The van der Waals surface area contributed by atoms with E-state index in [1.807, 2.05) is 0 Å². The zero-order valence-corrected chi connectivity index (χ0v) is 13.8. The van der Waals surface area contributed by atoms with Crippen LogP contribution in [0.1, 0.15) is 13.3 Å². The fourth-order valence-corrected chi connectivity index (χ4v) is 2.82. The number of carboxylic acids is 1. The summed E-state index contributed by atoms with van der Waals surface area (Å²) in [5.41, 5.74) is 0.314. The zero-order valence-electron chi connectivity index (χ0n) is 13.8. The molecule has 1 amide bonds. The summed E-state index contributed by atoms with van der Waals surface area (Å²) >= 11 is 0. The van der Waals surface area contributed by atoms with Crippen LogP contribution in [0.4, 0.5) is 18.9 Å². The number of amides is 1. The highest BCUT2D eigenvalue weighted by atomic mass is 19.4. The third-order valence-corrected chi connectivity index (χ3v) is 4.06. The molecule has 0 aromatic heterocycles. The second kappa shape index (κ2) is 7.30. The maximum Gasteiger partial charge on any atom is 0.573 e. The van der Waals surface area contributed by atoms with Gasteiger partial charge in [-0.05, 0) is 25.6 Å². The number of benzene rings is 1. The van der Waals surface area contributed by atoms with E-state index in [1.54, 1.807) is 18.9 Å². The van der Waals surface area contributed by atoms with Gasteiger partial charge in [-0.1, -0.05) is 13.0 Å². The van der Waals surface area contributed by atoms with Crippen molar-refractivity contribution in [3.63, 3.8) is 0 Å². The molecule has 0 radical (unpaired) electrons. The van der Waals surface area contributed by atoms with Gasteiger partial charge in [0.1, 0.15) is 5.75 Å². The van der Waals surface area contributed by atoms with E-state index in [-0.39, 0.29) is 12.5 Å². The minimum absolute atomic E-state index is 0.205. The van der Waals surface area contributed by atoms with Crippen molar-refractivity contribution in [2.75, 3.05) is 25.0 Å². The Labute approximate surface area is 142 Å². The van der Waals surface area contributed by atoms with Gasteiger partial charge >= 0.3 is 12.3 Å². The molecule has 1 heterocycles. The molecule has 0 bridgehead atoms. The van der Waals surface area contributed by atoms with Crippen molar-refractivity contribution < 1.29 is 32.6 Å². The molecule has 2 unspecified atom stereocenters. The van der Waals surface area contributed by atoms with E-state index in [0.717, 1.165) is 12.1 Å². The van der Waals surface area contributed by atoms with E-state index < -0.39 is 30.0 Å². The summed E-state index contributed by atoms with van der Waals surface area (Å²) < 4.78 is 40.8. The molecule has 0 aliphatic carbocycles. The Kier molecular flexibility index (Phi) is 5.56. The number of aliphatic carboxylic acids is 1. The minimum atomic E-state index is -4.80. The molecule has 9 heteroatoms. The summed E-state index contributed by atoms with van der Waals surface area (Å²) in [6.45, 7) is 2.09. The Morgan fingerprint density at radius 2 is 2.16 bits per heavy atom. The molecular weight excluding hydrogens is 341 g/mol. The molecule has 1 N–H and O–H groups in total. The monoisotopic (exact) mass is 360 g/mol. The lowest BCUT2D eigenvalue weighted by Gasteiger charge is -2.25. The van der Waals surface area contributed by atoms with Gasteiger partial charge in [0.25, 0.3) is 0 Å². The van der Waals surface area contributed by atoms with Crippen LogP contribution >= 0.6 is 0 Å². The van der Waals surface area contributed by atoms with Gasteiger partial charge in [-0.2, -0.15) is 0 Å². The first-order valence-electron chi connectivity index (χ1n) is 7.68. The zero-order chi connectivity index (χ0) is 18.8. The molecule has 2 rings (SSSR count). The first-order chi connectivity index (χ1) is 11.6. The largest absolute Gasteiger partial charge is 0.573 e. The molecule has 1 saturated heterocycles. The number of halogens is 3. The predicted octanol–water partition coefficient (Wildman–Crippen LogP) is 2.34. The standard InChI is InChI=1S/C16H19F3N2O4/c1-10(15(23)24)9-20(2)13-6-7-21(14(13)22)11-4-3-5-12(8-11)25-16(17,18)19/h3-5,8,10,13H,6-7,9H2,1-2H3,(H,23,24). The second-order valence-electron chi connectivity index (χ2n) is 6.02. The molecule has 0 spiro atoms. The van der Waals surface area contributed by atoms with E-state index in [4.69, 9.17) is 5.11 Å². The van der Waals surface area contributed by atoms with Gasteiger partial charge in [0.15, 0.2) is 0 Å². The number of hydrogen-bond donors (Lipinski definition) is 1. The Balaban J connectivity index is 2.09. The number of anilines is 1. The fourth-order valence-electron chi connectivity index (χ4n) is 2.82. The molecule has 1 aliphatic heterocycles. The van der Waals surface area contributed by atoms with Crippen molar-refractivity contribution in [1.82, 2.24) is 4.90 Å². The van der Waals surface area contributed by atoms with Crippen LogP contribution in [0.15, 0.2) is 24.3 Å². The molecule has 1 aromatic rings. The quantitative estimate of drug-likeness (QED) is 0.843. The van der Waals surface area contributed by atoms with Crippen molar-refractivity contribution in [3.05, 3.63) is 24.3 Å². The molecule has 1 fully saturated rings. The van der Waals surface area contributed by atoms with E-state index in [2.05, 4.69) is 4.74 Å².